The zero-order valence-corrected chi connectivity index (χ0v) is 11.4. The lowest BCUT2D eigenvalue weighted by Crippen LogP contribution is -2.20. The fourth-order valence-electron chi connectivity index (χ4n) is 1.41. The average Bonchev–Trinajstić information content (AvgIpc) is 2.28. The highest BCUT2D eigenvalue weighted by atomic mass is 32.2. The molecule has 0 spiro atoms. The minimum Gasteiger partial charge on any atom is -0.468 e. The van der Waals surface area contributed by atoms with Crippen molar-refractivity contribution in [1.82, 2.24) is 0 Å². The Morgan fingerprint density at radius 3 is 2.56 bits per heavy atom. The third kappa shape index (κ3) is 4.08. The number of benzene rings is 1. The van der Waals surface area contributed by atoms with E-state index >= 15 is 0 Å². The van der Waals surface area contributed by atoms with Crippen molar-refractivity contribution in [2.45, 2.75) is 5.75 Å². The van der Waals surface area contributed by atoms with Crippen LogP contribution in [0.15, 0.2) is 24.3 Å². The molecule has 5 nitrogen and oxygen atoms in total. The molecule has 0 aromatic heterocycles. The van der Waals surface area contributed by atoms with E-state index in [0.29, 0.717) is 11.1 Å². The average molecular weight is 287 g/mol. The minimum absolute atomic E-state index is 0.124. The summed E-state index contributed by atoms with van der Waals surface area (Å²) in [5, 5.41) is 0. The predicted molar refractivity (Wildman–Crippen MR) is 71.8 cm³/mol. The molecule has 0 aliphatic carbocycles. The van der Waals surface area contributed by atoms with Gasteiger partial charge in [0.2, 0.25) is 0 Å². The fourth-order valence-corrected chi connectivity index (χ4v) is 2.92. The summed E-state index contributed by atoms with van der Waals surface area (Å²) in [7, 11) is -2.45. The summed E-state index contributed by atoms with van der Waals surface area (Å²) in [6.45, 7) is 0. The maximum absolute atomic E-state index is 11.8. The van der Waals surface area contributed by atoms with Crippen molar-refractivity contribution in [3.05, 3.63) is 35.4 Å². The Kier molecular flexibility index (Phi) is 4.80. The number of carbonyl (C=O) groups excluding carboxylic acids is 1. The van der Waals surface area contributed by atoms with E-state index < -0.39 is 21.6 Å². The summed E-state index contributed by atoms with van der Waals surface area (Å²) < 4.78 is 27.9. The number of rotatable bonds is 5. The smallest absolute Gasteiger partial charge is 0.320 e. The molecular weight excluding hydrogens is 274 g/mol. The molecule has 0 heterocycles. The molecule has 0 atom stereocenters. The first kappa shape index (κ1) is 14.6. The zero-order valence-electron chi connectivity index (χ0n) is 9.75. The van der Waals surface area contributed by atoms with E-state index in [-0.39, 0.29) is 10.7 Å². The van der Waals surface area contributed by atoms with Crippen molar-refractivity contribution < 1.29 is 17.9 Å². The minimum atomic E-state index is -3.59. The van der Waals surface area contributed by atoms with Crippen LogP contribution >= 0.6 is 12.2 Å². The van der Waals surface area contributed by atoms with Crippen LogP contribution in [0, 0.1) is 0 Å². The number of hydrogen-bond acceptors (Lipinski definition) is 5. The Morgan fingerprint density at radius 2 is 2.00 bits per heavy atom. The van der Waals surface area contributed by atoms with Crippen molar-refractivity contribution in [2.75, 3.05) is 12.9 Å². The topological polar surface area (TPSA) is 86.5 Å². The van der Waals surface area contributed by atoms with E-state index in [1.165, 1.54) is 0 Å². The molecule has 7 heteroatoms. The molecule has 0 saturated carbocycles. The van der Waals surface area contributed by atoms with Gasteiger partial charge < -0.3 is 10.5 Å². The Balaban J connectivity index is 2.98. The Hall–Kier alpha value is -1.47. The van der Waals surface area contributed by atoms with Gasteiger partial charge in [-0.05, 0) is 5.56 Å². The highest BCUT2D eigenvalue weighted by Crippen LogP contribution is 2.13. The first-order valence-electron chi connectivity index (χ1n) is 5.00. The van der Waals surface area contributed by atoms with E-state index in [4.69, 9.17) is 18.0 Å². The normalized spacial score (nSPS) is 10.9. The maximum atomic E-state index is 11.8. The van der Waals surface area contributed by atoms with Crippen LogP contribution in [0.25, 0.3) is 0 Å². The second kappa shape index (κ2) is 5.92. The van der Waals surface area contributed by atoms with E-state index in [0.717, 1.165) is 7.11 Å². The molecule has 0 amide bonds. The van der Waals surface area contributed by atoms with E-state index in [1.807, 2.05) is 0 Å². The van der Waals surface area contributed by atoms with Crippen molar-refractivity contribution in [3.63, 3.8) is 0 Å². The molecule has 2 N–H and O–H groups in total. The molecule has 98 valence electrons. The number of methoxy groups -OCH3 is 1. The molecule has 1 rings (SSSR count). The van der Waals surface area contributed by atoms with Crippen molar-refractivity contribution in [1.29, 1.82) is 0 Å². The molecule has 18 heavy (non-hydrogen) atoms. The van der Waals surface area contributed by atoms with Crippen LogP contribution in [0.3, 0.4) is 0 Å². The van der Waals surface area contributed by atoms with Crippen LogP contribution < -0.4 is 5.73 Å². The highest BCUT2D eigenvalue weighted by molar-refractivity contribution is 7.91. The van der Waals surface area contributed by atoms with Gasteiger partial charge in [-0.25, -0.2) is 8.42 Å². The summed E-state index contributed by atoms with van der Waals surface area (Å²) in [5.74, 6) is -1.74. The molecule has 0 aliphatic heterocycles. The monoisotopic (exact) mass is 287 g/mol. The van der Waals surface area contributed by atoms with Crippen molar-refractivity contribution >= 4 is 33.0 Å². The van der Waals surface area contributed by atoms with Crippen LogP contribution in [0.4, 0.5) is 0 Å². The third-order valence-electron chi connectivity index (χ3n) is 2.22. The van der Waals surface area contributed by atoms with Crippen molar-refractivity contribution in [3.8, 4) is 0 Å². The molecular formula is C11H13NO4S2. The molecule has 0 unspecified atom stereocenters. The summed E-state index contributed by atoms with van der Waals surface area (Å²) in [6, 6.07) is 6.66. The van der Waals surface area contributed by atoms with Crippen LogP contribution in [0.2, 0.25) is 0 Å². The number of carbonyl (C=O) groups is 1. The SMILES string of the molecule is COC(=O)CS(=O)(=O)Cc1ccccc1C(N)=S. The summed E-state index contributed by atoms with van der Waals surface area (Å²) in [6.07, 6.45) is 0. The largest absolute Gasteiger partial charge is 0.468 e. The van der Waals surface area contributed by atoms with Crippen LogP contribution in [-0.4, -0.2) is 32.2 Å². The lowest BCUT2D eigenvalue weighted by molar-refractivity contribution is -0.137. The Labute approximate surface area is 111 Å². The second-order valence-corrected chi connectivity index (χ2v) is 6.13. The molecule has 0 saturated heterocycles. The lowest BCUT2D eigenvalue weighted by Gasteiger charge is -2.08. The second-order valence-electron chi connectivity index (χ2n) is 3.63. The Morgan fingerprint density at radius 1 is 1.39 bits per heavy atom. The first-order chi connectivity index (χ1) is 8.35. The van der Waals surface area contributed by atoms with Gasteiger partial charge in [0.15, 0.2) is 9.84 Å². The number of nitrogens with two attached hydrogens (primary N) is 1. The first-order valence-corrected chi connectivity index (χ1v) is 7.23. The molecule has 1 aromatic rings. The van der Waals surface area contributed by atoms with E-state index in [1.54, 1.807) is 24.3 Å². The standard InChI is InChI=1S/C11H13NO4S2/c1-16-10(13)7-18(14,15)6-8-4-2-3-5-9(8)11(12)17/h2-5H,6-7H2,1H3,(H2,12,17). The van der Waals surface area contributed by atoms with Gasteiger partial charge in [-0.2, -0.15) is 0 Å². The molecule has 0 aliphatic rings. The van der Waals surface area contributed by atoms with Gasteiger partial charge in [0.25, 0.3) is 0 Å². The van der Waals surface area contributed by atoms with Gasteiger partial charge >= 0.3 is 5.97 Å². The molecule has 0 radical (unpaired) electrons. The third-order valence-corrected chi connectivity index (χ3v) is 3.87. The summed E-state index contributed by atoms with van der Waals surface area (Å²) in [4.78, 5) is 11.1. The number of esters is 1. The molecule has 1 aromatic carbocycles. The Bertz CT molecular complexity index is 566. The van der Waals surface area contributed by atoms with Gasteiger partial charge in [0.05, 0.1) is 12.9 Å². The van der Waals surface area contributed by atoms with Crippen LogP contribution in [-0.2, 0) is 25.1 Å². The van der Waals surface area contributed by atoms with E-state index in [9.17, 15) is 13.2 Å². The van der Waals surface area contributed by atoms with Gasteiger partial charge in [0.1, 0.15) is 10.7 Å². The van der Waals surface area contributed by atoms with Crippen molar-refractivity contribution in [2.24, 2.45) is 5.73 Å². The summed E-state index contributed by atoms with van der Waals surface area (Å²) >= 11 is 4.84. The quantitative estimate of drug-likeness (QED) is 0.623. The molecule has 0 bridgehead atoms. The summed E-state index contributed by atoms with van der Waals surface area (Å²) in [5.41, 5.74) is 6.49. The van der Waals surface area contributed by atoms with Gasteiger partial charge in [-0.15, -0.1) is 0 Å². The van der Waals surface area contributed by atoms with Gasteiger partial charge in [-0.1, -0.05) is 36.5 Å². The maximum Gasteiger partial charge on any atom is 0.320 e. The van der Waals surface area contributed by atoms with Gasteiger partial charge in [0, 0.05) is 5.56 Å². The lowest BCUT2D eigenvalue weighted by atomic mass is 10.1. The number of ether oxygens (including phenoxy) is 1. The van der Waals surface area contributed by atoms with Crippen LogP contribution in [0.5, 0.6) is 0 Å². The van der Waals surface area contributed by atoms with Gasteiger partial charge in [-0.3, -0.25) is 4.79 Å². The number of hydrogen-bond donors (Lipinski definition) is 1. The highest BCUT2D eigenvalue weighted by Gasteiger charge is 2.19. The molecule has 0 fully saturated rings. The number of sulfone groups is 1. The predicted octanol–water partition coefficient (Wildman–Crippen LogP) is 0.409. The zero-order chi connectivity index (χ0) is 13.8. The van der Waals surface area contributed by atoms with Crippen LogP contribution in [0.1, 0.15) is 11.1 Å². The van der Waals surface area contributed by atoms with E-state index in [2.05, 4.69) is 4.74 Å². The fraction of sp³-hybridized carbons (Fsp3) is 0.273. The number of thiocarbonyl (C=S) groups is 1.